The van der Waals surface area contributed by atoms with Gasteiger partial charge >= 0.3 is 5.97 Å². The van der Waals surface area contributed by atoms with E-state index < -0.39 is 5.97 Å². The number of hydrogen-bond donors (Lipinski definition) is 1. The SMILES string of the molecule is CCO[C@@H]1C[C@H](N(C)C(=O)c2ccoc2CC(=O)O)C1(C)C. The van der Waals surface area contributed by atoms with Crippen molar-refractivity contribution in [2.45, 2.75) is 45.8 Å². The van der Waals surface area contributed by atoms with Crippen molar-refractivity contribution in [2.75, 3.05) is 13.7 Å². The summed E-state index contributed by atoms with van der Waals surface area (Å²) < 4.78 is 10.8. The number of furan rings is 1. The van der Waals surface area contributed by atoms with Gasteiger partial charge in [-0.1, -0.05) is 13.8 Å². The van der Waals surface area contributed by atoms with Gasteiger partial charge in [0.2, 0.25) is 0 Å². The topological polar surface area (TPSA) is 80.0 Å². The van der Waals surface area contributed by atoms with Crippen LogP contribution in [0.2, 0.25) is 0 Å². The van der Waals surface area contributed by atoms with Crippen LogP contribution in [0.1, 0.15) is 43.3 Å². The zero-order chi connectivity index (χ0) is 16.5. The van der Waals surface area contributed by atoms with E-state index in [2.05, 4.69) is 13.8 Å². The number of ether oxygens (including phenoxy) is 1. The predicted octanol–water partition coefficient (Wildman–Crippen LogP) is 2.18. The van der Waals surface area contributed by atoms with Crippen LogP contribution < -0.4 is 0 Å². The number of carbonyl (C=O) groups is 2. The van der Waals surface area contributed by atoms with Gasteiger partial charge in [0.25, 0.3) is 5.91 Å². The Hall–Kier alpha value is -1.82. The minimum Gasteiger partial charge on any atom is -0.481 e. The highest BCUT2D eigenvalue weighted by Gasteiger charge is 2.52. The van der Waals surface area contributed by atoms with Crippen LogP contribution in [-0.2, 0) is 16.0 Å². The predicted molar refractivity (Wildman–Crippen MR) is 79.7 cm³/mol. The average molecular weight is 309 g/mol. The van der Waals surface area contributed by atoms with E-state index in [0.717, 1.165) is 6.42 Å². The quantitative estimate of drug-likeness (QED) is 0.871. The molecule has 2 atom stereocenters. The van der Waals surface area contributed by atoms with Crippen molar-refractivity contribution in [3.8, 4) is 0 Å². The number of carbonyl (C=O) groups excluding carboxylic acids is 1. The smallest absolute Gasteiger partial charge is 0.311 e. The molecule has 122 valence electrons. The first kappa shape index (κ1) is 16.5. The third-order valence-electron chi connectivity index (χ3n) is 4.57. The lowest BCUT2D eigenvalue weighted by Gasteiger charge is -2.54. The van der Waals surface area contributed by atoms with Crippen LogP contribution in [0.15, 0.2) is 16.7 Å². The van der Waals surface area contributed by atoms with Crippen LogP contribution >= 0.6 is 0 Å². The molecule has 6 nitrogen and oxygen atoms in total. The molecule has 0 spiro atoms. The maximum atomic E-state index is 12.6. The summed E-state index contributed by atoms with van der Waals surface area (Å²) in [6.45, 7) is 6.78. The highest BCUT2D eigenvalue weighted by molar-refractivity contribution is 5.96. The number of aliphatic carboxylic acids is 1. The van der Waals surface area contributed by atoms with Gasteiger partial charge in [-0.05, 0) is 19.4 Å². The third-order valence-corrected chi connectivity index (χ3v) is 4.57. The molecule has 1 heterocycles. The maximum Gasteiger partial charge on any atom is 0.311 e. The normalized spacial score (nSPS) is 22.9. The molecule has 1 amide bonds. The van der Waals surface area contributed by atoms with Gasteiger partial charge in [0.05, 0.1) is 17.9 Å². The fraction of sp³-hybridized carbons (Fsp3) is 0.625. The molecule has 1 aromatic heterocycles. The molecule has 0 bridgehead atoms. The Morgan fingerprint density at radius 3 is 2.73 bits per heavy atom. The monoisotopic (exact) mass is 309 g/mol. The summed E-state index contributed by atoms with van der Waals surface area (Å²) in [5, 5.41) is 8.87. The molecule has 0 saturated heterocycles. The standard InChI is InChI=1S/C16H23NO5/c1-5-21-13-9-12(16(13,2)3)17(4)15(20)10-6-7-22-11(10)8-14(18)19/h6-7,12-13H,5,8-9H2,1-4H3,(H,18,19)/t12-,13+/m0/s1. The van der Waals surface area contributed by atoms with Crippen molar-refractivity contribution in [2.24, 2.45) is 5.41 Å². The van der Waals surface area contributed by atoms with Gasteiger partial charge in [0.15, 0.2) is 0 Å². The summed E-state index contributed by atoms with van der Waals surface area (Å²) in [5.74, 6) is -1.03. The van der Waals surface area contributed by atoms with Crippen molar-refractivity contribution in [1.82, 2.24) is 4.90 Å². The first-order valence-electron chi connectivity index (χ1n) is 7.46. The van der Waals surface area contributed by atoms with Gasteiger partial charge in [-0.25, -0.2) is 0 Å². The van der Waals surface area contributed by atoms with Crippen molar-refractivity contribution in [3.63, 3.8) is 0 Å². The molecular formula is C16H23NO5. The second-order valence-electron chi connectivity index (χ2n) is 6.26. The average Bonchev–Trinajstić information content (AvgIpc) is 2.88. The van der Waals surface area contributed by atoms with E-state index in [1.54, 1.807) is 11.9 Å². The Kier molecular flexibility index (Phi) is 4.60. The fourth-order valence-corrected chi connectivity index (χ4v) is 3.14. The lowest BCUT2D eigenvalue weighted by molar-refractivity contribution is -0.136. The third kappa shape index (κ3) is 2.88. The molecule has 0 radical (unpaired) electrons. The van der Waals surface area contributed by atoms with E-state index in [1.165, 1.54) is 12.3 Å². The Morgan fingerprint density at radius 2 is 2.18 bits per heavy atom. The summed E-state index contributed by atoms with van der Waals surface area (Å²) in [4.78, 5) is 25.1. The molecule has 6 heteroatoms. The van der Waals surface area contributed by atoms with Crippen LogP contribution in [-0.4, -0.2) is 47.7 Å². The molecule has 1 saturated carbocycles. The summed E-state index contributed by atoms with van der Waals surface area (Å²) in [7, 11) is 1.74. The van der Waals surface area contributed by atoms with Crippen LogP contribution in [0.5, 0.6) is 0 Å². The summed E-state index contributed by atoms with van der Waals surface area (Å²) in [6, 6.07) is 1.59. The van der Waals surface area contributed by atoms with E-state index in [-0.39, 0.29) is 35.6 Å². The van der Waals surface area contributed by atoms with Gasteiger partial charge in [0.1, 0.15) is 12.2 Å². The van der Waals surface area contributed by atoms with Crippen molar-refractivity contribution in [1.29, 1.82) is 0 Å². The van der Waals surface area contributed by atoms with E-state index in [9.17, 15) is 9.59 Å². The van der Waals surface area contributed by atoms with E-state index >= 15 is 0 Å². The minimum absolute atomic E-state index is 0.0594. The van der Waals surface area contributed by atoms with Crippen molar-refractivity contribution < 1.29 is 23.8 Å². The Balaban J connectivity index is 2.11. The zero-order valence-corrected chi connectivity index (χ0v) is 13.5. The summed E-state index contributed by atoms with van der Waals surface area (Å²) >= 11 is 0. The molecule has 1 aliphatic carbocycles. The molecule has 1 aromatic rings. The Morgan fingerprint density at radius 1 is 1.50 bits per heavy atom. The van der Waals surface area contributed by atoms with Crippen LogP contribution in [0.3, 0.4) is 0 Å². The van der Waals surface area contributed by atoms with E-state index in [1.807, 2.05) is 6.92 Å². The van der Waals surface area contributed by atoms with E-state index in [4.69, 9.17) is 14.3 Å². The second kappa shape index (κ2) is 6.12. The maximum absolute atomic E-state index is 12.6. The number of amides is 1. The molecule has 0 aromatic carbocycles. The summed E-state index contributed by atoms with van der Waals surface area (Å²) in [5.41, 5.74) is 0.192. The molecule has 0 unspecified atom stereocenters. The lowest BCUT2D eigenvalue weighted by atomic mass is 9.63. The first-order valence-corrected chi connectivity index (χ1v) is 7.46. The highest BCUT2D eigenvalue weighted by atomic mass is 16.5. The van der Waals surface area contributed by atoms with Gasteiger partial charge in [0, 0.05) is 25.1 Å². The zero-order valence-electron chi connectivity index (χ0n) is 13.5. The van der Waals surface area contributed by atoms with Crippen LogP contribution in [0, 0.1) is 5.41 Å². The number of rotatable bonds is 6. The Labute approximate surface area is 130 Å². The molecule has 22 heavy (non-hydrogen) atoms. The molecule has 0 aliphatic heterocycles. The number of carboxylic acids is 1. The number of nitrogens with zero attached hydrogens (tertiary/aromatic N) is 1. The van der Waals surface area contributed by atoms with Gasteiger partial charge < -0.3 is 19.2 Å². The molecular weight excluding hydrogens is 286 g/mol. The molecule has 1 N–H and O–H groups in total. The fourth-order valence-electron chi connectivity index (χ4n) is 3.14. The van der Waals surface area contributed by atoms with Gasteiger partial charge in [-0.3, -0.25) is 9.59 Å². The first-order chi connectivity index (χ1) is 10.3. The largest absolute Gasteiger partial charge is 0.481 e. The summed E-state index contributed by atoms with van der Waals surface area (Å²) in [6.07, 6.45) is 1.99. The van der Waals surface area contributed by atoms with Crippen LogP contribution in [0.25, 0.3) is 0 Å². The number of hydrogen-bond acceptors (Lipinski definition) is 4. The van der Waals surface area contributed by atoms with E-state index in [0.29, 0.717) is 12.2 Å². The lowest BCUT2D eigenvalue weighted by Crippen LogP contribution is -2.62. The van der Waals surface area contributed by atoms with Crippen LogP contribution in [0.4, 0.5) is 0 Å². The minimum atomic E-state index is -1.02. The second-order valence-corrected chi connectivity index (χ2v) is 6.26. The molecule has 2 rings (SSSR count). The van der Waals surface area contributed by atoms with Crippen molar-refractivity contribution >= 4 is 11.9 Å². The highest BCUT2D eigenvalue weighted by Crippen LogP contribution is 2.45. The Bertz CT molecular complexity index is 563. The van der Waals surface area contributed by atoms with Gasteiger partial charge in [-0.2, -0.15) is 0 Å². The van der Waals surface area contributed by atoms with Gasteiger partial charge in [-0.15, -0.1) is 0 Å². The molecule has 1 aliphatic rings. The van der Waals surface area contributed by atoms with Crippen molar-refractivity contribution in [3.05, 3.63) is 23.7 Å². The number of carboxylic acid groups (broad SMARTS) is 1. The molecule has 1 fully saturated rings.